The second-order valence-electron chi connectivity index (χ2n) is 4.22. The summed E-state index contributed by atoms with van der Waals surface area (Å²) >= 11 is 0. The molecule has 0 bridgehead atoms. The Morgan fingerprint density at radius 2 is 2.13 bits per heavy atom. The van der Waals surface area contributed by atoms with Crippen LogP contribution in [0.3, 0.4) is 0 Å². The van der Waals surface area contributed by atoms with Crippen molar-refractivity contribution in [3.63, 3.8) is 0 Å². The molecule has 1 fully saturated rings. The van der Waals surface area contributed by atoms with Crippen molar-refractivity contribution in [1.29, 1.82) is 0 Å². The smallest absolute Gasteiger partial charge is 0.226 e. The molecule has 0 radical (unpaired) electrons. The summed E-state index contributed by atoms with van der Waals surface area (Å²) in [5, 5.41) is 20.3. The fourth-order valence-electron chi connectivity index (χ4n) is 1.54. The van der Waals surface area contributed by atoms with Crippen LogP contribution in [0.15, 0.2) is 0 Å². The third kappa shape index (κ3) is 3.44. The number of carbonyl (C=O) groups excluding carboxylic acids is 1. The Morgan fingerprint density at radius 1 is 1.53 bits per heavy atom. The standard InChI is InChI=1S/C10H19NO4/c1-10(2-4-15-5-3-10)9(14)11-6-8(13)7-12/h8,12-13H,2-7H2,1H3,(H,11,14). The van der Waals surface area contributed by atoms with E-state index in [1.54, 1.807) is 0 Å². The monoisotopic (exact) mass is 217 g/mol. The van der Waals surface area contributed by atoms with Gasteiger partial charge in [0.25, 0.3) is 0 Å². The first kappa shape index (κ1) is 12.4. The van der Waals surface area contributed by atoms with Crippen molar-refractivity contribution in [2.45, 2.75) is 25.9 Å². The van der Waals surface area contributed by atoms with E-state index >= 15 is 0 Å². The van der Waals surface area contributed by atoms with Crippen molar-refractivity contribution in [3.05, 3.63) is 0 Å². The topological polar surface area (TPSA) is 78.8 Å². The van der Waals surface area contributed by atoms with Crippen molar-refractivity contribution in [1.82, 2.24) is 5.32 Å². The van der Waals surface area contributed by atoms with E-state index < -0.39 is 11.5 Å². The molecule has 3 N–H and O–H groups in total. The van der Waals surface area contributed by atoms with Crippen molar-refractivity contribution >= 4 is 5.91 Å². The molecule has 0 aliphatic carbocycles. The Bertz CT molecular complexity index is 213. The van der Waals surface area contributed by atoms with Crippen LogP contribution in [0.2, 0.25) is 0 Å². The zero-order chi connectivity index (χ0) is 11.3. The summed E-state index contributed by atoms with van der Waals surface area (Å²) in [6.07, 6.45) is 0.527. The van der Waals surface area contributed by atoms with Crippen molar-refractivity contribution < 1.29 is 19.7 Å². The Kier molecular flexibility index (Phi) is 4.50. The third-order valence-corrected chi connectivity index (χ3v) is 2.85. The second kappa shape index (κ2) is 5.44. The van der Waals surface area contributed by atoms with Gasteiger partial charge in [-0.15, -0.1) is 0 Å². The fourth-order valence-corrected chi connectivity index (χ4v) is 1.54. The van der Waals surface area contributed by atoms with E-state index in [0.717, 1.165) is 0 Å². The van der Waals surface area contributed by atoms with Gasteiger partial charge in [0, 0.05) is 19.8 Å². The van der Waals surface area contributed by atoms with Crippen LogP contribution in [-0.4, -0.2) is 48.6 Å². The van der Waals surface area contributed by atoms with Crippen LogP contribution in [0.4, 0.5) is 0 Å². The minimum atomic E-state index is -0.877. The maximum atomic E-state index is 11.8. The molecule has 1 aliphatic heterocycles. The van der Waals surface area contributed by atoms with Gasteiger partial charge in [0.2, 0.25) is 5.91 Å². The minimum Gasteiger partial charge on any atom is -0.394 e. The molecular weight excluding hydrogens is 198 g/mol. The number of amides is 1. The lowest BCUT2D eigenvalue weighted by atomic mass is 9.81. The van der Waals surface area contributed by atoms with E-state index in [2.05, 4.69) is 5.32 Å². The van der Waals surface area contributed by atoms with Gasteiger partial charge in [0.05, 0.1) is 18.1 Å². The molecule has 1 aliphatic rings. The lowest BCUT2D eigenvalue weighted by Crippen LogP contribution is -2.45. The van der Waals surface area contributed by atoms with Crippen LogP contribution >= 0.6 is 0 Å². The first-order chi connectivity index (χ1) is 7.08. The van der Waals surface area contributed by atoms with Gasteiger partial charge in [0.15, 0.2) is 0 Å². The van der Waals surface area contributed by atoms with Crippen molar-refractivity contribution in [2.75, 3.05) is 26.4 Å². The SMILES string of the molecule is CC1(C(=O)NCC(O)CO)CCOCC1. The molecule has 0 spiro atoms. The average Bonchev–Trinajstić information content (AvgIpc) is 2.26. The number of ether oxygens (including phenoxy) is 1. The first-order valence-corrected chi connectivity index (χ1v) is 5.23. The van der Waals surface area contributed by atoms with E-state index in [1.807, 2.05) is 6.92 Å². The van der Waals surface area contributed by atoms with Crippen LogP contribution in [-0.2, 0) is 9.53 Å². The highest BCUT2D eigenvalue weighted by atomic mass is 16.5. The highest BCUT2D eigenvalue weighted by Crippen LogP contribution is 2.29. The minimum absolute atomic E-state index is 0.0710. The summed E-state index contributed by atoms with van der Waals surface area (Å²) < 4.78 is 5.19. The second-order valence-corrected chi connectivity index (χ2v) is 4.22. The molecule has 0 saturated carbocycles. The molecule has 88 valence electrons. The maximum Gasteiger partial charge on any atom is 0.226 e. The summed E-state index contributed by atoms with van der Waals surface area (Å²) in [5.74, 6) is -0.0710. The van der Waals surface area contributed by atoms with Crippen LogP contribution < -0.4 is 5.32 Å². The van der Waals surface area contributed by atoms with Crippen LogP contribution in [0, 0.1) is 5.41 Å². The fraction of sp³-hybridized carbons (Fsp3) is 0.900. The van der Waals surface area contributed by atoms with E-state index in [4.69, 9.17) is 14.9 Å². The molecule has 5 heteroatoms. The molecule has 0 aromatic carbocycles. The number of nitrogens with one attached hydrogen (secondary N) is 1. The van der Waals surface area contributed by atoms with Gasteiger partial charge < -0.3 is 20.3 Å². The van der Waals surface area contributed by atoms with E-state index in [9.17, 15) is 4.79 Å². The zero-order valence-electron chi connectivity index (χ0n) is 9.03. The first-order valence-electron chi connectivity index (χ1n) is 5.23. The van der Waals surface area contributed by atoms with Gasteiger partial charge in [-0.2, -0.15) is 0 Å². The summed E-state index contributed by atoms with van der Waals surface area (Å²) in [6.45, 7) is 2.88. The average molecular weight is 217 g/mol. The van der Waals surface area contributed by atoms with Crippen LogP contribution in [0.25, 0.3) is 0 Å². The summed E-state index contributed by atoms with van der Waals surface area (Å²) in [4.78, 5) is 11.8. The van der Waals surface area contributed by atoms with E-state index in [-0.39, 0.29) is 19.1 Å². The number of rotatable bonds is 4. The van der Waals surface area contributed by atoms with Crippen LogP contribution in [0.5, 0.6) is 0 Å². The van der Waals surface area contributed by atoms with Gasteiger partial charge in [-0.3, -0.25) is 4.79 Å². The predicted octanol–water partition coefficient (Wildman–Crippen LogP) is -0.728. The molecule has 5 nitrogen and oxygen atoms in total. The zero-order valence-corrected chi connectivity index (χ0v) is 9.03. The molecule has 1 heterocycles. The summed E-state index contributed by atoms with van der Waals surface area (Å²) in [5.41, 5.74) is -0.395. The maximum absolute atomic E-state index is 11.8. The van der Waals surface area contributed by atoms with Crippen molar-refractivity contribution in [2.24, 2.45) is 5.41 Å². The van der Waals surface area contributed by atoms with Gasteiger partial charge in [-0.1, -0.05) is 6.92 Å². The molecule has 1 unspecified atom stereocenters. The van der Waals surface area contributed by atoms with Gasteiger partial charge in [-0.25, -0.2) is 0 Å². The Labute approximate surface area is 89.4 Å². The normalized spacial score (nSPS) is 22.1. The Morgan fingerprint density at radius 3 is 2.67 bits per heavy atom. The Hall–Kier alpha value is -0.650. The number of aliphatic hydroxyl groups excluding tert-OH is 2. The molecule has 1 amide bonds. The van der Waals surface area contributed by atoms with Gasteiger partial charge >= 0.3 is 0 Å². The molecule has 0 aromatic rings. The molecule has 1 rings (SSSR count). The molecule has 15 heavy (non-hydrogen) atoms. The summed E-state index contributed by atoms with van der Waals surface area (Å²) in [6, 6.07) is 0. The highest BCUT2D eigenvalue weighted by Gasteiger charge is 2.34. The van der Waals surface area contributed by atoms with E-state index in [0.29, 0.717) is 26.1 Å². The predicted molar refractivity (Wildman–Crippen MR) is 54.3 cm³/mol. The van der Waals surface area contributed by atoms with Gasteiger partial charge in [-0.05, 0) is 12.8 Å². The molecule has 1 saturated heterocycles. The molecule has 1 atom stereocenters. The van der Waals surface area contributed by atoms with Crippen LogP contribution in [0.1, 0.15) is 19.8 Å². The number of carbonyl (C=O) groups is 1. The third-order valence-electron chi connectivity index (χ3n) is 2.85. The van der Waals surface area contributed by atoms with Crippen molar-refractivity contribution in [3.8, 4) is 0 Å². The van der Waals surface area contributed by atoms with E-state index in [1.165, 1.54) is 0 Å². The lowest BCUT2D eigenvalue weighted by Gasteiger charge is -2.32. The van der Waals surface area contributed by atoms with Gasteiger partial charge in [0.1, 0.15) is 0 Å². The number of hydrogen-bond acceptors (Lipinski definition) is 4. The summed E-state index contributed by atoms with van der Waals surface area (Å²) in [7, 11) is 0. The quantitative estimate of drug-likeness (QED) is 0.580. The Balaban J connectivity index is 2.37. The molecular formula is C10H19NO4. The highest BCUT2D eigenvalue weighted by molar-refractivity contribution is 5.82. The molecule has 0 aromatic heterocycles. The number of hydrogen-bond donors (Lipinski definition) is 3. The lowest BCUT2D eigenvalue weighted by molar-refractivity contribution is -0.135. The number of aliphatic hydroxyl groups is 2. The largest absolute Gasteiger partial charge is 0.394 e.